The maximum atomic E-state index is 13.7. The predicted molar refractivity (Wildman–Crippen MR) is 84.1 cm³/mol. The number of carbonyl (C=O) groups is 1. The van der Waals surface area contributed by atoms with Crippen molar-refractivity contribution in [2.24, 2.45) is 0 Å². The molecule has 0 radical (unpaired) electrons. The van der Waals surface area contributed by atoms with Gasteiger partial charge < -0.3 is 5.32 Å². The minimum absolute atomic E-state index is 0.0298. The van der Waals surface area contributed by atoms with Gasteiger partial charge in [-0.15, -0.1) is 11.3 Å². The van der Waals surface area contributed by atoms with Crippen molar-refractivity contribution in [1.82, 2.24) is 5.32 Å². The number of nitrogens with one attached hydrogen (secondary N) is 2. The van der Waals surface area contributed by atoms with Gasteiger partial charge in [0.25, 0.3) is 10.0 Å². The maximum Gasteiger partial charge on any atom is 0.271 e. The fraction of sp³-hybridized carbons (Fsp3) is 0.154. The van der Waals surface area contributed by atoms with Gasteiger partial charge in [0.05, 0.1) is 12.2 Å². The fourth-order valence-electron chi connectivity index (χ4n) is 1.58. The Morgan fingerprint density at radius 2 is 2.05 bits per heavy atom. The van der Waals surface area contributed by atoms with Gasteiger partial charge in [-0.2, -0.15) is 0 Å². The average Bonchev–Trinajstić information content (AvgIpc) is 2.89. The monoisotopic (exact) mass is 362 g/mol. The molecule has 0 atom stereocenters. The second-order valence-corrected chi connectivity index (χ2v) is 7.87. The third-order valence-corrected chi connectivity index (χ3v) is 5.77. The number of anilines is 1. The zero-order chi connectivity index (χ0) is 16.3. The van der Waals surface area contributed by atoms with Crippen LogP contribution in [0.5, 0.6) is 0 Å². The van der Waals surface area contributed by atoms with E-state index in [2.05, 4.69) is 10.0 Å². The molecule has 5 nitrogen and oxygen atoms in total. The van der Waals surface area contributed by atoms with Crippen molar-refractivity contribution in [1.29, 1.82) is 0 Å². The van der Waals surface area contributed by atoms with E-state index in [1.807, 2.05) is 0 Å². The summed E-state index contributed by atoms with van der Waals surface area (Å²) in [7, 11) is -3.89. The Labute approximate surface area is 136 Å². The van der Waals surface area contributed by atoms with Crippen LogP contribution in [0.4, 0.5) is 10.1 Å². The number of amides is 1. The molecule has 2 N–H and O–H groups in total. The molecule has 1 heterocycles. The normalized spacial score (nSPS) is 11.2. The summed E-state index contributed by atoms with van der Waals surface area (Å²) in [6.45, 7) is 1.61. The molecule has 0 aliphatic rings. The Kier molecular flexibility index (Phi) is 5.05. The van der Waals surface area contributed by atoms with Crippen LogP contribution in [0.1, 0.15) is 11.8 Å². The van der Waals surface area contributed by atoms with E-state index in [9.17, 15) is 17.6 Å². The number of halogens is 2. The van der Waals surface area contributed by atoms with E-state index >= 15 is 0 Å². The number of benzene rings is 1. The molecule has 1 aromatic carbocycles. The number of rotatable bonds is 5. The predicted octanol–water partition coefficient (Wildman–Crippen LogP) is 2.98. The van der Waals surface area contributed by atoms with E-state index in [4.69, 9.17) is 11.6 Å². The number of sulfonamides is 1. The summed E-state index contributed by atoms with van der Waals surface area (Å²) >= 11 is 6.62. The first-order chi connectivity index (χ1) is 10.3. The second kappa shape index (κ2) is 6.64. The lowest BCUT2D eigenvalue weighted by molar-refractivity contribution is -0.119. The Balaban J connectivity index is 2.18. The lowest BCUT2D eigenvalue weighted by Crippen LogP contribution is -2.18. The summed E-state index contributed by atoms with van der Waals surface area (Å²) in [5, 5.41) is 2.75. The van der Waals surface area contributed by atoms with E-state index in [1.165, 1.54) is 25.1 Å². The molecule has 0 saturated carbocycles. The molecular weight excluding hydrogens is 351 g/mol. The summed E-state index contributed by atoms with van der Waals surface area (Å²) in [5.74, 6) is -0.967. The van der Waals surface area contributed by atoms with Crippen LogP contribution in [0.25, 0.3) is 0 Å². The first-order valence-corrected chi connectivity index (χ1v) is 8.77. The molecule has 0 aliphatic carbocycles. The van der Waals surface area contributed by atoms with E-state index < -0.39 is 15.8 Å². The molecule has 118 valence electrons. The average molecular weight is 363 g/mol. The Hall–Kier alpha value is -1.64. The largest absolute Gasteiger partial charge is 0.351 e. The molecule has 0 unspecified atom stereocenters. The summed E-state index contributed by atoms with van der Waals surface area (Å²) < 4.78 is 40.3. The van der Waals surface area contributed by atoms with Crippen LogP contribution < -0.4 is 10.0 Å². The highest BCUT2D eigenvalue weighted by atomic mass is 35.5. The topological polar surface area (TPSA) is 75.3 Å². The molecule has 1 aromatic heterocycles. The van der Waals surface area contributed by atoms with Gasteiger partial charge in [0.1, 0.15) is 10.0 Å². The summed E-state index contributed by atoms with van der Waals surface area (Å²) in [4.78, 5) is 11.5. The van der Waals surface area contributed by atoms with Crippen LogP contribution in [0.2, 0.25) is 5.02 Å². The summed E-state index contributed by atoms with van der Waals surface area (Å²) in [5.41, 5.74) is -0.179. The SMILES string of the molecule is CC(=O)NCc1ccc(S(=O)(=O)Nc2ccc(Cl)cc2F)s1. The Morgan fingerprint density at radius 3 is 2.68 bits per heavy atom. The minimum atomic E-state index is -3.89. The maximum absolute atomic E-state index is 13.7. The zero-order valence-corrected chi connectivity index (χ0v) is 13.8. The molecular formula is C13H12ClFN2O3S2. The van der Waals surface area contributed by atoms with Gasteiger partial charge in [0.15, 0.2) is 0 Å². The molecule has 2 aromatic rings. The molecule has 9 heteroatoms. The number of hydrogen-bond donors (Lipinski definition) is 2. The molecule has 0 spiro atoms. The first-order valence-electron chi connectivity index (χ1n) is 6.09. The van der Waals surface area contributed by atoms with Crippen molar-refractivity contribution < 1.29 is 17.6 Å². The molecule has 0 fully saturated rings. The van der Waals surface area contributed by atoms with Crippen molar-refractivity contribution in [3.8, 4) is 0 Å². The standard InChI is InChI=1S/C13H12ClFN2O3S2/c1-8(18)16-7-10-3-5-13(21-10)22(19,20)17-12-4-2-9(14)6-11(12)15/h2-6,17H,7H2,1H3,(H,16,18). The van der Waals surface area contributed by atoms with Crippen molar-refractivity contribution in [3.05, 3.63) is 46.0 Å². The van der Waals surface area contributed by atoms with E-state index in [-0.39, 0.29) is 27.4 Å². The number of thiophene rings is 1. The van der Waals surface area contributed by atoms with Gasteiger partial charge >= 0.3 is 0 Å². The quantitative estimate of drug-likeness (QED) is 0.858. The highest BCUT2D eigenvalue weighted by Gasteiger charge is 2.19. The minimum Gasteiger partial charge on any atom is -0.351 e. The highest BCUT2D eigenvalue weighted by Crippen LogP contribution is 2.26. The summed E-state index contributed by atoms with van der Waals surface area (Å²) in [6.07, 6.45) is 0. The fourth-order valence-corrected chi connectivity index (χ4v) is 4.10. The van der Waals surface area contributed by atoms with Gasteiger partial charge in [0, 0.05) is 16.8 Å². The van der Waals surface area contributed by atoms with Gasteiger partial charge in [-0.25, -0.2) is 12.8 Å². The Morgan fingerprint density at radius 1 is 1.32 bits per heavy atom. The van der Waals surface area contributed by atoms with Crippen molar-refractivity contribution in [2.75, 3.05) is 4.72 Å². The molecule has 22 heavy (non-hydrogen) atoms. The third-order valence-electron chi connectivity index (χ3n) is 2.59. The smallest absolute Gasteiger partial charge is 0.271 e. The van der Waals surface area contributed by atoms with Crippen LogP contribution in [-0.4, -0.2) is 14.3 Å². The lowest BCUT2D eigenvalue weighted by atomic mass is 10.3. The van der Waals surface area contributed by atoms with Crippen molar-refractivity contribution in [3.63, 3.8) is 0 Å². The number of carbonyl (C=O) groups excluding carboxylic acids is 1. The van der Waals surface area contributed by atoms with Gasteiger partial charge in [-0.05, 0) is 30.3 Å². The van der Waals surface area contributed by atoms with Crippen LogP contribution in [0.3, 0.4) is 0 Å². The van der Waals surface area contributed by atoms with Crippen molar-refractivity contribution in [2.45, 2.75) is 17.7 Å². The van der Waals surface area contributed by atoms with Crippen LogP contribution in [0.15, 0.2) is 34.5 Å². The van der Waals surface area contributed by atoms with Gasteiger partial charge in [-0.1, -0.05) is 11.6 Å². The number of hydrogen-bond acceptors (Lipinski definition) is 4. The van der Waals surface area contributed by atoms with Gasteiger partial charge in [0.2, 0.25) is 5.91 Å². The molecule has 2 rings (SSSR count). The first kappa shape index (κ1) is 16.7. The summed E-state index contributed by atoms with van der Waals surface area (Å²) in [6, 6.07) is 6.65. The van der Waals surface area contributed by atoms with Crippen molar-refractivity contribution >= 4 is 44.6 Å². The molecule has 1 amide bonds. The highest BCUT2D eigenvalue weighted by molar-refractivity contribution is 7.94. The molecule has 0 aliphatic heterocycles. The zero-order valence-electron chi connectivity index (χ0n) is 11.4. The second-order valence-electron chi connectivity index (χ2n) is 4.36. The molecule has 0 bridgehead atoms. The van der Waals surface area contributed by atoms with E-state index in [0.717, 1.165) is 17.4 Å². The van der Waals surface area contributed by atoms with Crippen LogP contribution in [-0.2, 0) is 21.4 Å². The van der Waals surface area contributed by atoms with E-state index in [1.54, 1.807) is 6.07 Å². The molecule has 0 saturated heterocycles. The van der Waals surface area contributed by atoms with Crippen LogP contribution >= 0.6 is 22.9 Å². The lowest BCUT2D eigenvalue weighted by Gasteiger charge is -2.07. The van der Waals surface area contributed by atoms with Crippen LogP contribution in [0, 0.1) is 5.82 Å². The Bertz CT molecular complexity index is 805. The third kappa shape index (κ3) is 4.19. The van der Waals surface area contributed by atoms with Gasteiger partial charge in [-0.3, -0.25) is 9.52 Å². The van der Waals surface area contributed by atoms with E-state index in [0.29, 0.717) is 4.88 Å².